The molecule has 0 amide bonds. The number of rotatable bonds is 7. The molecule has 1 aromatic carbocycles. The lowest BCUT2D eigenvalue weighted by Gasteiger charge is -2.40. The maximum Gasteiger partial charge on any atom is 0.162 e. The molecule has 128 valence electrons. The van der Waals surface area contributed by atoms with Crippen LogP contribution in [0, 0.1) is 0 Å². The molecular formula is C19H29NO3. The lowest BCUT2D eigenvalue weighted by atomic mass is 9.97. The molecule has 1 aliphatic rings. The summed E-state index contributed by atoms with van der Waals surface area (Å²) in [6.07, 6.45) is 3.67. The zero-order valence-corrected chi connectivity index (χ0v) is 14.5. The molecule has 3 atom stereocenters. The second kappa shape index (κ2) is 8.46. The molecule has 0 aromatic heterocycles. The first-order valence-corrected chi connectivity index (χ1v) is 8.71. The number of nitrogens with zero attached hydrogens (tertiary/aromatic N) is 1. The van der Waals surface area contributed by atoms with Gasteiger partial charge < -0.3 is 9.84 Å². The molecule has 0 radical (unpaired) electrons. The Kier molecular flexibility index (Phi) is 6.60. The van der Waals surface area contributed by atoms with Gasteiger partial charge in [-0.1, -0.05) is 13.3 Å². The molecular weight excluding hydrogens is 290 g/mol. The molecule has 0 spiro atoms. The van der Waals surface area contributed by atoms with Crippen LogP contribution in [0.3, 0.4) is 0 Å². The Labute approximate surface area is 139 Å². The van der Waals surface area contributed by atoms with Crippen LogP contribution >= 0.6 is 0 Å². The number of carbonyl (C=O) groups is 1. The van der Waals surface area contributed by atoms with Gasteiger partial charge in [-0.3, -0.25) is 9.69 Å². The van der Waals surface area contributed by atoms with Crippen LogP contribution in [0.1, 0.15) is 56.8 Å². The fourth-order valence-electron chi connectivity index (χ4n) is 3.26. The number of hydrogen-bond acceptors (Lipinski definition) is 4. The molecule has 1 heterocycles. The zero-order valence-electron chi connectivity index (χ0n) is 14.5. The minimum absolute atomic E-state index is 0.129. The number of aliphatic hydroxyl groups is 1. The van der Waals surface area contributed by atoms with Gasteiger partial charge in [-0.05, 0) is 51.0 Å². The fourth-order valence-corrected chi connectivity index (χ4v) is 3.26. The fraction of sp³-hybridized carbons (Fsp3) is 0.632. The van der Waals surface area contributed by atoms with Crippen molar-refractivity contribution in [2.75, 3.05) is 13.2 Å². The SMILES string of the molecule is CCC(=O)c1ccc(OC[C@H](O)CN2[C@H](C)CCC[C@@H]2C)cc1. The molecule has 0 aliphatic carbocycles. The van der Waals surface area contributed by atoms with E-state index in [0.29, 0.717) is 36.4 Å². The van der Waals surface area contributed by atoms with E-state index in [0.717, 1.165) is 0 Å². The number of β-amino-alcohol motifs (C(OH)–C–C–N with tert-alkyl or cyclic N) is 1. The van der Waals surface area contributed by atoms with Crippen LogP contribution in [0.25, 0.3) is 0 Å². The maximum atomic E-state index is 11.6. The molecule has 0 unspecified atom stereocenters. The molecule has 4 heteroatoms. The van der Waals surface area contributed by atoms with Crippen molar-refractivity contribution < 1.29 is 14.6 Å². The van der Waals surface area contributed by atoms with Crippen molar-refractivity contribution in [1.82, 2.24) is 4.90 Å². The summed E-state index contributed by atoms with van der Waals surface area (Å²) < 4.78 is 5.66. The number of ketones is 1. The number of Topliss-reactive ketones (excluding diaryl/α,β-unsaturated/α-hetero) is 1. The standard InChI is InChI=1S/C19H29NO3/c1-4-19(22)16-8-10-18(11-9-16)23-13-17(21)12-20-14(2)6-5-7-15(20)3/h8-11,14-15,17,21H,4-7,12-13H2,1-3H3/t14-,15+,17-/m1/s1. The minimum Gasteiger partial charge on any atom is -0.491 e. The van der Waals surface area contributed by atoms with Crippen LogP contribution in [0.15, 0.2) is 24.3 Å². The molecule has 23 heavy (non-hydrogen) atoms. The molecule has 1 aliphatic heterocycles. The highest BCUT2D eigenvalue weighted by Crippen LogP contribution is 2.22. The Morgan fingerprint density at radius 3 is 2.43 bits per heavy atom. The van der Waals surface area contributed by atoms with E-state index in [-0.39, 0.29) is 12.4 Å². The third-order valence-corrected chi connectivity index (χ3v) is 4.74. The summed E-state index contributed by atoms with van der Waals surface area (Å²) >= 11 is 0. The van der Waals surface area contributed by atoms with Crippen LogP contribution in [0.5, 0.6) is 5.75 Å². The Hall–Kier alpha value is -1.39. The molecule has 1 fully saturated rings. The first-order chi connectivity index (χ1) is 11.0. The number of piperidine rings is 1. The summed E-state index contributed by atoms with van der Waals surface area (Å²) in [5, 5.41) is 10.3. The summed E-state index contributed by atoms with van der Waals surface area (Å²) in [5.74, 6) is 0.820. The van der Waals surface area contributed by atoms with E-state index in [2.05, 4.69) is 18.7 Å². The van der Waals surface area contributed by atoms with Gasteiger partial charge in [-0.15, -0.1) is 0 Å². The van der Waals surface area contributed by atoms with Crippen molar-refractivity contribution in [2.45, 2.75) is 64.6 Å². The Morgan fingerprint density at radius 1 is 1.26 bits per heavy atom. The van der Waals surface area contributed by atoms with Crippen molar-refractivity contribution >= 4 is 5.78 Å². The summed E-state index contributed by atoms with van der Waals surface area (Å²) in [6, 6.07) is 8.19. The highest BCUT2D eigenvalue weighted by atomic mass is 16.5. The Morgan fingerprint density at radius 2 is 1.87 bits per heavy atom. The number of likely N-dealkylation sites (tertiary alicyclic amines) is 1. The highest BCUT2D eigenvalue weighted by molar-refractivity contribution is 5.95. The Balaban J connectivity index is 1.81. The number of hydrogen-bond donors (Lipinski definition) is 1. The number of ether oxygens (including phenoxy) is 1. The van der Waals surface area contributed by atoms with Gasteiger partial charge in [-0.25, -0.2) is 0 Å². The third-order valence-electron chi connectivity index (χ3n) is 4.74. The molecule has 2 rings (SSSR count). The van der Waals surface area contributed by atoms with E-state index in [1.165, 1.54) is 19.3 Å². The number of benzene rings is 1. The molecule has 1 aromatic rings. The third kappa shape index (κ3) is 5.05. The van der Waals surface area contributed by atoms with E-state index in [1.54, 1.807) is 24.3 Å². The van der Waals surface area contributed by atoms with Gasteiger partial charge in [0.2, 0.25) is 0 Å². The topological polar surface area (TPSA) is 49.8 Å². The molecule has 4 nitrogen and oxygen atoms in total. The quantitative estimate of drug-likeness (QED) is 0.784. The van der Waals surface area contributed by atoms with Crippen molar-refractivity contribution in [3.63, 3.8) is 0 Å². The van der Waals surface area contributed by atoms with Crippen LogP contribution < -0.4 is 4.74 Å². The normalized spacial score (nSPS) is 23.5. The predicted molar refractivity (Wildman–Crippen MR) is 92.0 cm³/mol. The first-order valence-electron chi connectivity index (χ1n) is 8.71. The average Bonchev–Trinajstić information content (AvgIpc) is 2.56. The largest absolute Gasteiger partial charge is 0.491 e. The van der Waals surface area contributed by atoms with Gasteiger partial charge in [0.15, 0.2) is 5.78 Å². The van der Waals surface area contributed by atoms with E-state index in [9.17, 15) is 9.90 Å². The molecule has 1 N–H and O–H groups in total. The van der Waals surface area contributed by atoms with E-state index >= 15 is 0 Å². The monoisotopic (exact) mass is 319 g/mol. The van der Waals surface area contributed by atoms with Gasteiger partial charge in [0.05, 0.1) is 0 Å². The molecule has 0 saturated carbocycles. The molecule has 1 saturated heterocycles. The zero-order chi connectivity index (χ0) is 16.8. The smallest absolute Gasteiger partial charge is 0.162 e. The Bertz CT molecular complexity index is 490. The second-order valence-electron chi connectivity index (χ2n) is 6.59. The van der Waals surface area contributed by atoms with Gasteiger partial charge in [0, 0.05) is 30.6 Å². The van der Waals surface area contributed by atoms with E-state index in [1.807, 2.05) is 6.92 Å². The number of carbonyl (C=O) groups excluding carboxylic acids is 1. The van der Waals surface area contributed by atoms with Crippen LogP contribution in [0.4, 0.5) is 0 Å². The van der Waals surface area contributed by atoms with Crippen molar-refractivity contribution in [1.29, 1.82) is 0 Å². The van der Waals surface area contributed by atoms with Gasteiger partial charge in [0.1, 0.15) is 18.5 Å². The van der Waals surface area contributed by atoms with Crippen molar-refractivity contribution in [3.05, 3.63) is 29.8 Å². The summed E-state index contributed by atoms with van der Waals surface area (Å²) in [5.41, 5.74) is 0.705. The van der Waals surface area contributed by atoms with Crippen LogP contribution in [-0.2, 0) is 0 Å². The van der Waals surface area contributed by atoms with Crippen molar-refractivity contribution in [3.8, 4) is 5.75 Å². The first kappa shape index (κ1) is 18.0. The van der Waals surface area contributed by atoms with E-state index < -0.39 is 6.10 Å². The minimum atomic E-state index is -0.505. The van der Waals surface area contributed by atoms with Gasteiger partial charge in [0.25, 0.3) is 0 Å². The van der Waals surface area contributed by atoms with E-state index in [4.69, 9.17) is 4.74 Å². The molecule has 0 bridgehead atoms. The summed E-state index contributed by atoms with van der Waals surface area (Å²) in [7, 11) is 0. The summed E-state index contributed by atoms with van der Waals surface area (Å²) in [4.78, 5) is 14.0. The van der Waals surface area contributed by atoms with Crippen LogP contribution in [-0.4, -0.2) is 47.1 Å². The van der Waals surface area contributed by atoms with Gasteiger partial charge >= 0.3 is 0 Å². The highest BCUT2D eigenvalue weighted by Gasteiger charge is 2.26. The second-order valence-corrected chi connectivity index (χ2v) is 6.59. The lowest BCUT2D eigenvalue weighted by molar-refractivity contribution is 0.0209. The maximum absolute atomic E-state index is 11.6. The number of aliphatic hydroxyl groups excluding tert-OH is 1. The van der Waals surface area contributed by atoms with Gasteiger partial charge in [-0.2, -0.15) is 0 Å². The predicted octanol–water partition coefficient (Wildman–Crippen LogP) is 3.28. The average molecular weight is 319 g/mol. The van der Waals surface area contributed by atoms with Crippen LogP contribution in [0.2, 0.25) is 0 Å². The van der Waals surface area contributed by atoms with Crippen molar-refractivity contribution in [2.24, 2.45) is 0 Å². The lowest BCUT2D eigenvalue weighted by Crippen LogP contribution is -2.48. The summed E-state index contributed by atoms with van der Waals surface area (Å²) in [6.45, 7) is 7.23.